The molecule has 0 fully saturated rings. The van der Waals surface area contributed by atoms with Crippen molar-refractivity contribution in [2.45, 2.75) is 38.5 Å². The number of anilines is 8. The van der Waals surface area contributed by atoms with Crippen molar-refractivity contribution in [2.24, 2.45) is 42.3 Å². The molecule has 101 heavy (non-hydrogen) atoms. The van der Waals surface area contributed by atoms with E-state index in [1.807, 2.05) is 24.3 Å². The number of phenolic OH excluding ortho intramolecular Hbond substituents is 1. The summed E-state index contributed by atoms with van der Waals surface area (Å²) in [5.41, 5.74) is 4.49. The number of fused-ring (bicyclic) bond motifs is 4. The zero-order valence-corrected chi connectivity index (χ0v) is 56.4. The number of imidazole rings is 3. The Bertz CT molecular complexity index is 5000. The number of halogens is 1. The van der Waals surface area contributed by atoms with Crippen molar-refractivity contribution < 1.29 is 57.8 Å². The number of aromatic hydroxyl groups is 1. The molecule has 34 heteroatoms. The van der Waals surface area contributed by atoms with Gasteiger partial charge >= 0.3 is 0 Å². The van der Waals surface area contributed by atoms with Gasteiger partial charge in [-0.05, 0) is 59.8 Å². The first kappa shape index (κ1) is 69.5. The zero-order chi connectivity index (χ0) is 72.1. The highest BCUT2D eigenvalue weighted by molar-refractivity contribution is 6.19. The summed E-state index contributed by atoms with van der Waals surface area (Å²) >= 11 is 6.41. The molecule has 0 spiro atoms. The van der Waals surface area contributed by atoms with E-state index in [2.05, 4.69) is 73.1 Å². The van der Waals surface area contributed by atoms with Gasteiger partial charge < -0.3 is 95.6 Å². The molecule has 7 aromatic heterocycles. The number of rotatable bonds is 25. The number of alkyl halides is 1. The summed E-state index contributed by atoms with van der Waals surface area (Å²) < 4.78 is 8.76. The van der Waals surface area contributed by atoms with Gasteiger partial charge in [-0.3, -0.25) is 52.7 Å². The Morgan fingerprint density at radius 2 is 0.980 bits per heavy atom. The first-order chi connectivity index (χ1) is 48.3. The molecule has 1 atom stereocenters. The molecule has 3 aromatic carbocycles. The van der Waals surface area contributed by atoms with Crippen LogP contribution in [0.4, 0.5) is 45.9 Å². The summed E-state index contributed by atoms with van der Waals surface area (Å²) in [5.74, 6) is -4.92. The summed E-state index contributed by atoms with van der Waals surface area (Å²) in [6, 6.07) is 20.4. The van der Waals surface area contributed by atoms with Gasteiger partial charge in [-0.2, -0.15) is 0 Å². The maximum absolute atomic E-state index is 14.0. The van der Waals surface area contributed by atoms with Gasteiger partial charge in [0.15, 0.2) is 17.5 Å². The molecule has 0 radical (unpaired) electrons. The number of carbonyl (C=O) groups excluding carboxylic acids is 11. The first-order valence-corrected chi connectivity index (χ1v) is 32.1. The summed E-state index contributed by atoms with van der Waals surface area (Å²) in [4.78, 5) is 161. The van der Waals surface area contributed by atoms with Gasteiger partial charge in [-0.25, -0.2) is 15.0 Å². The van der Waals surface area contributed by atoms with Crippen LogP contribution in [-0.4, -0.2) is 149 Å². The molecule has 1 aliphatic heterocycles. The van der Waals surface area contributed by atoms with E-state index >= 15 is 0 Å². The van der Waals surface area contributed by atoms with E-state index in [-0.39, 0.29) is 138 Å². The molecule has 0 bridgehead atoms. The predicted octanol–water partition coefficient (Wildman–Crippen LogP) is 5.61. The minimum absolute atomic E-state index is 0.00502. The molecule has 0 saturated carbocycles. The number of nitrogens with one attached hydrogen (secondary N) is 11. The lowest BCUT2D eigenvalue weighted by Crippen LogP contribution is -2.30. The average Bonchev–Trinajstić information content (AvgIpc) is 1.62. The van der Waals surface area contributed by atoms with Crippen LogP contribution in [0.5, 0.6) is 5.75 Å². The standard InChI is InChI=1S/C67H70ClN21O12/c1-35(90)72-51-32-87(6)60(79-51)66(100)82-53-34-88(7)59(81-53)65(99)76-41-25-48(84(3)31-41)62(96)71-20-17-56(94)78-52-33-86(5)58(80-52)64(98)69-18-10-13-54(92)73-39-23-47(83(2)29-39)61(95)70-19-16-55(93)74-40-24-49(85(4)30-40)63(97)75-38-14-15-44-36(21-38)22-45(77-44)67(101)89-28-37(27-68)57-43-12-9-8-11-42(43)50(91)26-46(57)89/h8-9,11-12,14-15,21-26,29-34,37,77,91H,10,13,16-20,27-28H2,1-7H3,(H,69,98)(H,70,95)(H,71,96)(H,72,90)(H,73,92)(H,74,93)(H,75,97)(H,76,99)(H,78,94)(H,82,100). The second-order valence-electron chi connectivity index (χ2n) is 24.0. The Hall–Kier alpha value is -12.8. The third-order valence-electron chi connectivity index (χ3n) is 16.4. The zero-order valence-electron chi connectivity index (χ0n) is 55.6. The summed E-state index contributed by atoms with van der Waals surface area (Å²) in [6.45, 7) is 1.62. The van der Waals surface area contributed by atoms with Crippen molar-refractivity contribution in [3.63, 3.8) is 0 Å². The van der Waals surface area contributed by atoms with Crippen LogP contribution in [0.25, 0.3) is 21.7 Å². The number of amides is 11. The Morgan fingerprint density at radius 3 is 1.55 bits per heavy atom. The Balaban J connectivity index is 0.563. The van der Waals surface area contributed by atoms with E-state index in [0.717, 1.165) is 10.9 Å². The molecule has 11 rings (SSSR count). The number of aromatic amines is 1. The van der Waals surface area contributed by atoms with Crippen LogP contribution in [0.3, 0.4) is 0 Å². The average molecular weight is 1400 g/mol. The van der Waals surface area contributed by atoms with E-state index < -0.39 is 47.3 Å². The second kappa shape index (κ2) is 29.5. The van der Waals surface area contributed by atoms with Crippen molar-refractivity contribution in [1.29, 1.82) is 0 Å². The Morgan fingerprint density at radius 1 is 0.495 bits per heavy atom. The largest absolute Gasteiger partial charge is 0.507 e. The number of aryl methyl sites for hydroxylation is 6. The van der Waals surface area contributed by atoms with Gasteiger partial charge in [0.2, 0.25) is 41.1 Å². The highest BCUT2D eigenvalue weighted by Crippen LogP contribution is 2.46. The van der Waals surface area contributed by atoms with Crippen LogP contribution in [0, 0.1) is 0 Å². The second-order valence-corrected chi connectivity index (χ2v) is 24.4. The van der Waals surface area contributed by atoms with Crippen LogP contribution in [0.15, 0.2) is 110 Å². The molecule has 12 N–H and O–H groups in total. The van der Waals surface area contributed by atoms with Gasteiger partial charge in [0.25, 0.3) is 41.4 Å². The van der Waals surface area contributed by atoms with Crippen LogP contribution in [-0.2, 0) is 61.5 Å². The normalized spacial score (nSPS) is 12.4. The van der Waals surface area contributed by atoms with Crippen molar-refractivity contribution >= 4 is 144 Å². The molecule has 11 amide bonds. The molecule has 1 aliphatic rings. The lowest BCUT2D eigenvalue weighted by molar-refractivity contribution is -0.117. The Kier molecular flexibility index (Phi) is 20.3. The molecule has 0 saturated heterocycles. The third kappa shape index (κ3) is 15.8. The van der Waals surface area contributed by atoms with Gasteiger partial charge in [0.1, 0.15) is 28.5 Å². The van der Waals surface area contributed by atoms with Crippen molar-refractivity contribution in [3.05, 3.63) is 156 Å². The molecule has 8 heterocycles. The maximum atomic E-state index is 14.0. The smallest absolute Gasteiger partial charge is 0.292 e. The first-order valence-electron chi connectivity index (χ1n) is 31.6. The lowest BCUT2D eigenvalue weighted by atomic mass is 9.95. The van der Waals surface area contributed by atoms with Gasteiger partial charge in [0, 0.05) is 172 Å². The fourth-order valence-electron chi connectivity index (χ4n) is 11.7. The van der Waals surface area contributed by atoms with E-state index in [0.29, 0.717) is 51.3 Å². The topological polar surface area (TPSA) is 416 Å². The van der Waals surface area contributed by atoms with Crippen LogP contribution in [0.2, 0.25) is 0 Å². The van der Waals surface area contributed by atoms with Crippen LogP contribution >= 0.6 is 11.6 Å². The minimum Gasteiger partial charge on any atom is -0.507 e. The number of hydrogen-bond donors (Lipinski definition) is 12. The summed E-state index contributed by atoms with van der Waals surface area (Å²) in [7, 11) is 9.54. The molecule has 10 aromatic rings. The highest BCUT2D eigenvalue weighted by Gasteiger charge is 2.36. The molecular weight excluding hydrogens is 1330 g/mol. The molecular formula is C67H70ClN21O12. The fourth-order valence-corrected chi connectivity index (χ4v) is 11.9. The molecule has 522 valence electrons. The van der Waals surface area contributed by atoms with E-state index in [1.165, 1.54) is 72.7 Å². The number of phenols is 1. The summed E-state index contributed by atoms with van der Waals surface area (Å²) in [5, 5.41) is 39.9. The Labute approximate surface area is 579 Å². The van der Waals surface area contributed by atoms with Crippen LogP contribution < -0.4 is 58.1 Å². The third-order valence-corrected chi connectivity index (χ3v) is 16.8. The van der Waals surface area contributed by atoms with Crippen molar-refractivity contribution in [1.82, 2.24) is 63.3 Å². The highest BCUT2D eigenvalue weighted by atomic mass is 35.5. The number of carbonyl (C=O) groups is 11. The van der Waals surface area contributed by atoms with E-state index in [1.54, 1.807) is 94.5 Å². The summed E-state index contributed by atoms with van der Waals surface area (Å²) in [6.07, 6.45) is 8.93. The number of benzene rings is 3. The molecule has 0 aliphatic carbocycles. The maximum Gasteiger partial charge on any atom is 0.292 e. The van der Waals surface area contributed by atoms with E-state index in [9.17, 15) is 57.8 Å². The van der Waals surface area contributed by atoms with Gasteiger partial charge in [-0.15, -0.1) is 11.6 Å². The quantitative estimate of drug-likeness (QED) is 0.0244. The predicted molar refractivity (Wildman–Crippen MR) is 374 cm³/mol. The van der Waals surface area contributed by atoms with Crippen LogP contribution in [0.1, 0.15) is 118 Å². The number of nitrogens with zero attached hydrogens (tertiary/aromatic N) is 10. The molecule has 33 nitrogen and oxygen atoms in total. The monoisotopic (exact) mass is 1400 g/mol. The van der Waals surface area contributed by atoms with Gasteiger partial charge in [0.05, 0.1) is 22.7 Å². The van der Waals surface area contributed by atoms with E-state index in [4.69, 9.17) is 11.6 Å². The van der Waals surface area contributed by atoms with Crippen molar-refractivity contribution in [3.8, 4) is 5.75 Å². The lowest BCUT2D eigenvalue weighted by Gasteiger charge is -2.17. The SMILES string of the molecule is CC(=O)Nc1cn(C)c(C(=O)Nc2cn(C)c(C(=O)Nc3cc(C(=O)NCCC(=O)Nc4cn(C)c(C(=O)NCCCC(=O)Nc5cc(C(=O)NCCC(=O)Nc6cc(C(=O)Nc7ccc8[nH]c(C(=O)N9CC(CCl)c%10c9cc(O)c9ccccc%109)cc8c7)n(C)c6)n(C)c5)n4)n(C)c3)n2)n1. The number of H-pyrrole nitrogens is 1. The fraction of sp³-hybridized carbons (Fsp3) is 0.254. The number of aromatic nitrogens is 10. The number of hydrogen-bond acceptors (Lipinski definition) is 15. The van der Waals surface area contributed by atoms with Crippen molar-refractivity contribution in [2.75, 3.05) is 74.2 Å². The molecule has 1 unspecified atom stereocenters. The minimum atomic E-state index is -0.644. The van der Waals surface area contributed by atoms with Gasteiger partial charge in [-0.1, -0.05) is 24.3 Å².